The molecule has 0 spiro atoms. The highest BCUT2D eigenvalue weighted by Gasteiger charge is 2.16. The van der Waals surface area contributed by atoms with Crippen LogP contribution in [0.2, 0.25) is 0 Å². The first-order chi connectivity index (χ1) is 11.9. The number of ether oxygens (including phenoxy) is 1. The molecule has 0 radical (unpaired) electrons. The van der Waals surface area contributed by atoms with Gasteiger partial charge >= 0.3 is 0 Å². The molecule has 0 aliphatic heterocycles. The Morgan fingerprint density at radius 2 is 1.88 bits per heavy atom. The largest absolute Gasteiger partial charge is 0.497 e. The van der Waals surface area contributed by atoms with Crippen molar-refractivity contribution >= 4 is 22.5 Å². The lowest BCUT2D eigenvalue weighted by molar-refractivity contribution is 0.102. The zero-order chi connectivity index (χ0) is 18.1. The van der Waals surface area contributed by atoms with Gasteiger partial charge in [-0.1, -0.05) is 17.7 Å². The molecule has 0 unspecified atom stereocenters. The molecule has 25 heavy (non-hydrogen) atoms. The minimum absolute atomic E-state index is 0.100. The van der Waals surface area contributed by atoms with Crippen LogP contribution in [0.15, 0.2) is 47.4 Å². The molecule has 1 N–H and O–H groups in total. The molecule has 0 fully saturated rings. The van der Waals surface area contributed by atoms with Gasteiger partial charge in [-0.15, -0.1) is 0 Å². The Labute approximate surface area is 145 Å². The average Bonchev–Trinajstić information content (AvgIpc) is 2.60. The third-order valence-electron chi connectivity index (χ3n) is 4.27. The van der Waals surface area contributed by atoms with Crippen LogP contribution in [0.25, 0.3) is 10.9 Å². The molecule has 0 atom stereocenters. The van der Waals surface area contributed by atoms with Crippen LogP contribution in [-0.4, -0.2) is 17.6 Å². The SMILES string of the molecule is COc1ccc2c(c1)c(=O)c(C(=O)Nc1ccc(C)cc1C)cn2C. The number of carbonyl (C=O) groups excluding carboxylic acids is 1. The number of anilines is 1. The number of pyridine rings is 1. The van der Waals surface area contributed by atoms with E-state index in [4.69, 9.17) is 4.74 Å². The molecule has 5 nitrogen and oxygen atoms in total. The Hall–Kier alpha value is -3.08. The number of carbonyl (C=O) groups is 1. The van der Waals surface area contributed by atoms with Gasteiger partial charge in [0.2, 0.25) is 5.43 Å². The van der Waals surface area contributed by atoms with Crippen molar-refractivity contribution in [2.75, 3.05) is 12.4 Å². The lowest BCUT2D eigenvalue weighted by Gasteiger charge is -2.12. The van der Waals surface area contributed by atoms with Crippen LogP contribution in [0.5, 0.6) is 5.75 Å². The van der Waals surface area contributed by atoms with Gasteiger partial charge in [-0.25, -0.2) is 0 Å². The summed E-state index contributed by atoms with van der Waals surface area (Å²) >= 11 is 0. The first-order valence-corrected chi connectivity index (χ1v) is 7.96. The minimum Gasteiger partial charge on any atom is -0.497 e. The highest BCUT2D eigenvalue weighted by molar-refractivity contribution is 6.06. The maximum absolute atomic E-state index is 12.8. The average molecular weight is 336 g/mol. The summed E-state index contributed by atoms with van der Waals surface area (Å²) in [6, 6.07) is 11.0. The van der Waals surface area contributed by atoms with E-state index in [9.17, 15) is 9.59 Å². The predicted octanol–water partition coefficient (Wildman–Crippen LogP) is 3.42. The molecule has 5 heteroatoms. The number of benzene rings is 2. The molecule has 1 heterocycles. The van der Waals surface area contributed by atoms with E-state index in [0.29, 0.717) is 16.8 Å². The Kier molecular flexibility index (Phi) is 4.31. The van der Waals surface area contributed by atoms with Crippen LogP contribution in [0, 0.1) is 13.8 Å². The fourth-order valence-corrected chi connectivity index (χ4v) is 2.90. The van der Waals surface area contributed by atoms with E-state index in [2.05, 4.69) is 5.32 Å². The standard InChI is InChI=1S/C20H20N2O3/c1-12-5-7-17(13(2)9-12)21-20(24)16-11-22(3)18-8-6-14(25-4)10-15(18)19(16)23/h5-11H,1-4H3,(H,21,24). The maximum Gasteiger partial charge on any atom is 0.261 e. The molecule has 2 aromatic carbocycles. The van der Waals surface area contributed by atoms with Gasteiger partial charge in [-0.3, -0.25) is 9.59 Å². The second-order valence-electron chi connectivity index (χ2n) is 6.14. The third-order valence-corrected chi connectivity index (χ3v) is 4.27. The second-order valence-corrected chi connectivity index (χ2v) is 6.14. The Morgan fingerprint density at radius 3 is 2.56 bits per heavy atom. The van der Waals surface area contributed by atoms with Crippen molar-refractivity contribution in [1.29, 1.82) is 0 Å². The molecule has 1 amide bonds. The lowest BCUT2D eigenvalue weighted by atomic mass is 10.1. The molecule has 3 aromatic rings. The molecule has 0 saturated heterocycles. The fraction of sp³-hybridized carbons (Fsp3) is 0.200. The van der Waals surface area contributed by atoms with Gasteiger partial charge in [0.05, 0.1) is 18.0 Å². The number of fused-ring (bicyclic) bond motifs is 1. The molecule has 0 saturated carbocycles. The van der Waals surface area contributed by atoms with Gasteiger partial charge in [0.15, 0.2) is 0 Å². The van der Waals surface area contributed by atoms with Crippen molar-refractivity contribution in [3.05, 3.63) is 69.5 Å². The van der Waals surface area contributed by atoms with Gasteiger partial charge in [0.25, 0.3) is 5.91 Å². The Balaban J connectivity index is 2.07. The zero-order valence-electron chi connectivity index (χ0n) is 14.7. The first kappa shape index (κ1) is 16.8. The monoisotopic (exact) mass is 336 g/mol. The predicted molar refractivity (Wildman–Crippen MR) is 99.6 cm³/mol. The fourth-order valence-electron chi connectivity index (χ4n) is 2.90. The van der Waals surface area contributed by atoms with Gasteiger partial charge < -0.3 is 14.6 Å². The third kappa shape index (κ3) is 3.13. The van der Waals surface area contributed by atoms with Crippen LogP contribution in [0.3, 0.4) is 0 Å². The highest BCUT2D eigenvalue weighted by Crippen LogP contribution is 2.20. The number of hydrogen-bond donors (Lipinski definition) is 1. The number of nitrogens with one attached hydrogen (secondary N) is 1. The van der Waals surface area contributed by atoms with Gasteiger partial charge in [0.1, 0.15) is 11.3 Å². The van der Waals surface area contributed by atoms with Crippen molar-refractivity contribution in [2.24, 2.45) is 7.05 Å². The smallest absolute Gasteiger partial charge is 0.261 e. The quantitative estimate of drug-likeness (QED) is 0.797. The van der Waals surface area contributed by atoms with Crippen LogP contribution < -0.4 is 15.5 Å². The van der Waals surface area contributed by atoms with Crippen molar-refractivity contribution in [2.45, 2.75) is 13.8 Å². The number of nitrogens with zero attached hydrogens (tertiary/aromatic N) is 1. The summed E-state index contributed by atoms with van der Waals surface area (Å²) in [6.45, 7) is 3.91. The van der Waals surface area contributed by atoms with Crippen molar-refractivity contribution in [3.63, 3.8) is 0 Å². The molecule has 0 bridgehead atoms. The number of hydrogen-bond acceptors (Lipinski definition) is 3. The van der Waals surface area contributed by atoms with Crippen LogP contribution in [-0.2, 0) is 7.05 Å². The summed E-state index contributed by atoms with van der Waals surface area (Å²) in [4.78, 5) is 25.5. The minimum atomic E-state index is -0.419. The topological polar surface area (TPSA) is 60.3 Å². The zero-order valence-corrected chi connectivity index (χ0v) is 14.7. The van der Waals surface area contributed by atoms with Crippen LogP contribution >= 0.6 is 0 Å². The number of aromatic nitrogens is 1. The van der Waals surface area contributed by atoms with E-state index in [1.165, 1.54) is 0 Å². The molecular formula is C20H20N2O3. The summed E-state index contributed by atoms with van der Waals surface area (Å²) in [5.41, 5.74) is 3.30. The molecular weight excluding hydrogens is 316 g/mol. The van der Waals surface area contributed by atoms with Crippen LogP contribution in [0.4, 0.5) is 5.69 Å². The molecule has 1 aromatic heterocycles. The first-order valence-electron chi connectivity index (χ1n) is 7.96. The number of amides is 1. The van der Waals surface area contributed by atoms with E-state index in [1.807, 2.05) is 39.1 Å². The highest BCUT2D eigenvalue weighted by atomic mass is 16.5. The number of rotatable bonds is 3. The summed E-state index contributed by atoms with van der Waals surface area (Å²) < 4.78 is 6.96. The van der Waals surface area contributed by atoms with E-state index in [0.717, 1.165) is 16.6 Å². The molecule has 128 valence electrons. The second kappa shape index (κ2) is 6.43. The maximum atomic E-state index is 12.8. The lowest BCUT2D eigenvalue weighted by Crippen LogP contribution is -2.23. The molecule has 3 rings (SSSR count). The summed E-state index contributed by atoms with van der Waals surface area (Å²) in [5, 5.41) is 3.29. The Bertz CT molecular complexity index is 1040. The van der Waals surface area contributed by atoms with Crippen molar-refractivity contribution < 1.29 is 9.53 Å². The van der Waals surface area contributed by atoms with E-state index < -0.39 is 5.91 Å². The normalized spacial score (nSPS) is 10.7. The van der Waals surface area contributed by atoms with E-state index >= 15 is 0 Å². The van der Waals surface area contributed by atoms with Crippen molar-refractivity contribution in [3.8, 4) is 5.75 Å². The summed E-state index contributed by atoms with van der Waals surface area (Å²) in [5.74, 6) is 0.161. The van der Waals surface area contributed by atoms with Gasteiger partial charge in [-0.2, -0.15) is 0 Å². The summed E-state index contributed by atoms with van der Waals surface area (Å²) in [6.07, 6.45) is 1.57. The molecule has 0 aliphatic rings. The van der Waals surface area contributed by atoms with E-state index in [1.54, 1.807) is 36.1 Å². The van der Waals surface area contributed by atoms with Gasteiger partial charge in [0, 0.05) is 18.9 Å². The van der Waals surface area contributed by atoms with E-state index in [-0.39, 0.29) is 11.0 Å². The molecule has 0 aliphatic carbocycles. The summed E-state index contributed by atoms with van der Waals surface area (Å²) in [7, 11) is 3.35. The van der Waals surface area contributed by atoms with Crippen molar-refractivity contribution in [1.82, 2.24) is 4.57 Å². The number of methoxy groups -OCH3 is 1. The Morgan fingerprint density at radius 1 is 1.12 bits per heavy atom. The number of aryl methyl sites for hydroxylation is 3. The van der Waals surface area contributed by atoms with Gasteiger partial charge in [-0.05, 0) is 43.7 Å². The van der Waals surface area contributed by atoms with Crippen LogP contribution in [0.1, 0.15) is 21.5 Å².